The minimum Gasteiger partial charge on any atom is -0.496 e. The molecule has 2 fully saturated rings. The molecule has 1 unspecified atom stereocenters. The van der Waals surface area contributed by atoms with Crippen molar-refractivity contribution < 1.29 is 33.8 Å². The Kier molecular flexibility index (Phi) is 17.9. The number of methoxy groups -OCH3 is 2. The van der Waals surface area contributed by atoms with Gasteiger partial charge in [-0.3, -0.25) is 9.59 Å². The molecule has 2 radical (unpaired) electrons. The van der Waals surface area contributed by atoms with E-state index < -0.39 is 12.0 Å². The molecule has 302 valence electrons. The molecule has 2 aromatic carbocycles. The minimum absolute atomic E-state index is 0.139. The van der Waals surface area contributed by atoms with E-state index in [2.05, 4.69) is 20.5 Å². The minimum atomic E-state index is -0.755. The standard InChI is InChI=1S/C20H26BN4O3.C11H13N3O.C10H16BO3/c1-25-13-22-11-17(25)16-9-8-15(10-18(16)28-2)23-20(27)19(24-21-12-26)14-6-4-3-5-7-14;1-14-7-13-6-10(14)9-4-3-8(12)5-11(9)15-2;12-7-11-6-9(10(13)14)8-4-2-1-3-5-8/h8-14,19,24H,3-7H2,1-2H3,(H,23,27);3-7H,12H2,1-2H3;7-9H,1-6H2,(H,13,14)/t;;9-/m..0/s1. The topological polar surface area (TPSA) is 193 Å². The number of nitrogens with zero attached hydrogens (tertiary/aromatic N) is 4. The van der Waals surface area contributed by atoms with Crippen molar-refractivity contribution in [3.63, 3.8) is 0 Å². The number of ether oxygens (including phenoxy) is 2. The summed E-state index contributed by atoms with van der Waals surface area (Å²) < 4.78 is 14.7. The molecule has 0 saturated heterocycles. The first-order valence-corrected chi connectivity index (χ1v) is 19.5. The predicted molar refractivity (Wildman–Crippen MR) is 224 cm³/mol. The smallest absolute Gasteiger partial charge is 0.306 e. The summed E-state index contributed by atoms with van der Waals surface area (Å²) in [4.78, 5) is 53.0. The number of imidazole rings is 2. The lowest BCUT2D eigenvalue weighted by Crippen LogP contribution is -2.48. The molecule has 57 heavy (non-hydrogen) atoms. The van der Waals surface area contributed by atoms with Crippen molar-refractivity contribution in [3.8, 4) is 34.0 Å². The van der Waals surface area contributed by atoms with Crippen LogP contribution in [0.5, 0.6) is 11.5 Å². The molecule has 2 aliphatic rings. The zero-order valence-electron chi connectivity index (χ0n) is 33.4. The number of amides is 1. The number of carboxylic acids is 1. The summed E-state index contributed by atoms with van der Waals surface area (Å²) in [6.45, 7) is 0. The number of nitrogens with one attached hydrogen (secondary N) is 2. The lowest BCUT2D eigenvalue weighted by atomic mass is 9.66. The fraction of sp³-hybridized carbons (Fsp3) is 0.463. The van der Waals surface area contributed by atoms with Gasteiger partial charge < -0.3 is 49.6 Å². The molecule has 2 atom stereocenters. The fourth-order valence-corrected chi connectivity index (χ4v) is 7.62. The third kappa shape index (κ3) is 12.8. The number of hydrogen-bond acceptors (Lipinski definition) is 10. The Morgan fingerprint density at radius 1 is 0.842 bits per heavy atom. The summed E-state index contributed by atoms with van der Waals surface area (Å²) >= 11 is 0. The largest absolute Gasteiger partial charge is 0.496 e. The highest BCUT2D eigenvalue weighted by Crippen LogP contribution is 2.34. The Hall–Kier alpha value is -5.37. The molecular formula is C41H55B2N7O7. The van der Waals surface area contributed by atoms with Gasteiger partial charge in [0.25, 0.3) is 7.41 Å². The van der Waals surface area contributed by atoms with Crippen molar-refractivity contribution in [2.75, 3.05) is 25.3 Å². The fourth-order valence-electron chi connectivity index (χ4n) is 7.62. The van der Waals surface area contributed by atoms with Crippen molar-refractivity contribution in [3.05, 3.63) is 61.4 Å². The number of anilines is 2. The highest BCUT2D eigenvalue weighted by molar-refractivity contribution is 6.66. The van der Waals surface area contributed by atoms with Gasteiger partial charge in [-0.1, -0.05) is 44.8 Å². The van der Waals surface area contributed by atoms with Crippen molar-refractivity contribution in [1.29, 1.82) is 0 Å². The molecule has 16 heteroatoms. The zero-order chi connectivity index (χ0) is 41.2. The number of aliphatic carboxylic acids is 1. The van der Waals surface area contributed by atoms with Crippen LogP contribution in [0.3, 0.4) is 0 Å². The number of aromatic nitrogens is 4. The second kappa shape index (κ2) is 23.0. The molecular weight excluding hydrogens is 724 g/mol. The highest BCUT2D eigenvalue weighted by atomic mass is 16.5. The van der Waals surface area contributed by atoms with Crippen LogP contribution in [0.15, 0.2) is 61.4 Å². The molecule has 2 saturated carbocycles. The van der Waals surface area contributed by atoms with E-state index in [1.54, 1.807) is 39.3 Å². The van der Waals surface area contributed by atoms with Gasteiger partial charge in [0.15, 0.2) is 7.28 Å². The van der Waals surface area contributed by atoms with Gasteiger partial charge in [-0.05, 0) is 61.8 Å². The number of rotatable bonds is 15. The summed E-state index contributed by atoms with van der Waals surface area (Å²) in [6, 6.07) is 10.7. The van der Waals surface area contributed by atoms with Crippen LogP contribution >= 0.6 is 0 Å². The van der Waals surface area contributed by atoms with Gasteiger partial charge in [0.1, 0.15) is 11.5 Å². The SMILES string of the molecule is COc1cc(N)ccc1-c1cncn1C.COc1cc(NC(=O)C(N[B]C=O)C2CCCCC2)ccc1-c1cncn1C.O=C[B]C[C@H](C(=O)O)C1CCCCC1. The van der Waals surface area contributed by atoms with Gasteiger partial charge in [-0.15, -0.1) is 0 Å². The quantitative estimate of drug-likeness (QED) is 0.0663. The Bertz CT molecular complexity index is 1890. The molecule has 1 amide bonds. The van der Waals surface area contributed by atoms with Gasteiger partial charge in [0.2, 0.25) is 5.91 Å². The molecule has 0 spiro atoms. The predicted octanol–water partition coefficient (Wildman–Crippen LogP) is 5.64. The van der Waals surface area contributed by atoms with Crippen LogP contribution in [-0.4, -0.2) is 83.4 Å². The van der Waals surface area contributed by atoms with Crippen LogP contribution in [0.1, 0.15) is 64.2 Å². The Morgan fingerprint density at radius 2 is 1.39 bits per heavy atom. The number of hydrogen-bond donors (Lipinski definition) is 4. The van der Waals surface area contributed by atoms with E-state index in [9.17, 15) is 19.2 Å². The Labute approximate surface area is 336 Å². The molecule has 2 aliphatic carbocycles. The second-order valence-electron chi connectivity index (χ2n) is 14.4. The van der Waals surface area contributed by atoms with Crippen LogP contribution < -0.4 is 25.8 Å². The molecule has 2 heterocycles. The molecule has 14 nitrogen and oxygen atoms in total. The third-order valence-corrected chi connectivity index (χ3v) is 10.6. The lowest BCUT2D eigenvalue weighted by Gasteiger charge is -2.29. The van der Waals surface area contributed by atoms with Gasteiger partial charge >= 0.3 is 5.97 Å². The Balaban J connectivity index is 0.000000209. The third-order valence-electron chi connectivity index (χ3n) is 10.6. The van der Waals surface area contributed by atoms with Crippen LogP contribution in [-0.2, 0) is 33.3 Å². The van der Waals surface area contributed by atoms with Crippen LogP contribution in [0.4, 0.5) is 11.4 Å². The molecule has 4 aromatic rings. The average Bonchev–Trinajstić information content (AvgIpc) is 3.86. The number of carbonyl (C=O) groups is 4. The van der Waals surface area contributed by atoms with E-state index in [0.29, 0.717) is 35.8 Å². The van der Waals surface area contributed by atoms with E-state index >= 15 is 0 Å². The molecule has 0 bridgehead atoms. The van der Waals surface area contributed by atoms with Crippen LogP contribution in [0, 0.1) is 17.8 Å². The highest BCUT2D eigenvalue weighted by Gasteiger charge is 2.30. The van der Waals surface area contributed by atoms with Gasteiger partial charge in [0.05, 0.1) is 75.0 Å². The molecule has 2 aromatic heterocycles. The van der Waals surface area contributed by atoms with Crippen molar-refractivity contribution >= 4 is 50.3 Å². The van der Waals surface area contributed by atoms with E-state index in [1.807, 2.05) is 59.6 Å². The first-order valence-electron chi connectivity index (χ1n) is 19.5. The molecule has 6 rings (SSSR count). The van der Waals surface area contributed by atoms with Crippen molar-refractivity contribution in [2.45, 2.75) is 76.6 Å². The molecule has 5 N–H and O–H groups in total. The van der Waals surface area contributed by atoms with E-state index in [0.717, 1.165) is 79.6 Å². The normalized spacial score (nSPS) is 15.3. The van der Waals surface area contributed by atoms with Crippen LogP contribution in [0.25, 0.3) is 22.5 Å². The van der Waals surface area contributed by atoms with Gasteiger partial charge in [-0.25, -0.2) is 9.97 Å². The first kappa shape index (κ1) is 44.3. The summed E-state index contributed by atoms with van der Waals surface area (Å²) in [5.41, 5.74) is 10.9. The van der Waals surface area contributed by atoms with E-state index in [-0.39, 0.29) is 23.7 Å². The van der Waals surface area contributed by atoms with Crippen molar-refractivity contribution in [2.24, 2.45) is 31.8 Å². The number of carboxylic acid groups (broad SMARTS) is 1. The average molecular weight is 780 g/mol. The lowest BCUT2D eigenvalue weighted by molar-refractivity contribution is -0.143. The maximum atomic E-state index is 12.9. The first-order chi connectivity index (χ1) is 27.6. The monoisotopic (exact) mass is 779 g/mol. The van der Waals surface area contributed by atoms with E-state index in [1.165, 1.54) is 27.5 Å². The van der Waals surface area contributed by atoms with E-state index in [4.69, 9.17) is 20.3 Å². The number of benzene rings is 2. The van der Waals surface area contributed by atoms with Crippen LogP contribution in [0.2, 0.25) is 6.32 Å². The van der Waals surface area contributed by atoms with Gasteiger partial charge in [0, 0.05) is 48.7 Å². The summed E-state index contributed by atoms with van der Waals surface area (Å²) in [5, 5.41) is 15.0. The number of carbonyl (C=O) groups excluding carboxylic acids is 3. The summed E-state index contributed by atoms with van der Waals surface area (Å²) in [7, 11) is 9.83. The Morgan fingerprint density at radius 3 is 1.88 bits per heavy atom. The number of nitrogen functional groups attached to an aromatic ring is 1. The summed E-state index contributed by atoms with van der Waals surface area (Å²) in [5.74, 6) is 0.676. The molecule has 0 aliphatic heterocycles. The maximum Gasteiger partial charge on any atom is 0.306 e. The zero-order valence-corrected chi connectivity index (χ0v) is 33.4. The summed E-state index contributed by atoms with van der Waals surface area (Å²) in [6.07, 6.45) is 19.7. The van der Waals surface area contributed by atoms with Crippen molar-refractivity contribution in [1.82, 2.24) is 24.3 Å². The maximum absolute atomic E-state index is 12.9. The number of nitrogens with two attached hydrogens (primary N) is 1. The van der Waals surface area contributed by atoms with Gasteiger partial charge in [-0.2, -0.15) is 0 Å². The second-order valence-corrected chi connectivity index (χ2v) is 14.4. The number of aryl methyl sites for hydroxylation is 2.